The molecule has 1 aromatic carbocycles. The lowest BCUT2D eigenvalue weighted by molar-refractivity contribution is 0.0785. The Kier molecular flexibility index (Phi) is 4.44. The average molecular weight is 399 g/mol. The quantitative estimate of drug-likeness (QED) is 0.673. The third-order valence-corrected chi connectivity index (χ3v) is 7.03. The molecule has 2 saturated heterocycles. The van der Waals surface area contributed by atoms with Crippen LogP contribution in [0.3, 0.4) is 0 Å². The monoisotopic (exact) mass is 398 g/mol. The standard InChI is InChI=1S/C21H23FN4OS/c1-14-18-12-19(20(27)25-11-8-17(13-25)24-9-2-3-10-24)28-21(18)26(23-14)16-6-4-15(22)5-7-16/h4-7,12,17H,2-3,8-11,13H2,1H3. The Bertz CT molecular complexity index is 1020. The Morgan fingerprint density at radius 3 is 2.68 bits per heavy atom. The predicted molar refractivity (Wildman–Crippen MR) is 109 cm³/mol. The number of benzene rings is 1. The lowest BCUT2D eigenvalue weighted by Gasteiger charge is -2.23. The fraction of sp³-hybridized carbons (Fsp3) is 0.429. The first kappa shape index (κ1) is 17.8. The predicted octanol–water partition coefficient (Wildman–Crippen LogP) is 3.84. The molecule has 0 N–H and O–H groups in total. The number of carbonyl (C=O) groups excluding carboxylic acids is 1. The molecule has 146 valence electrons. The van der Waals surface area contributed by atoms with Crippen molar-refractivity contribution in [1.82, 2.24) is 19.6 Å². The van der Waals surface area contributed by atoms with Gasteiger partial charge in [-0.1, -0.05) is 0 Å². The summed E-state index contributed by atoms with van der Waals surface area (Å²) in [5, 5.41) is 5.58. The number of likely N-dealkylation sites (tertiary alicyclic amines) is 2. The molecule has 28 heavy (non-hydrogen) atoms. The number of nitrogens with zero attached hydrogens (tertiary/aromatic N) is 4. The number of amides is 1. The third-order valence-electron chi connectivity index (χ3n) is 5.93. The van der Waals surface area contributed by atoms with E-state index in [1.165, 1.54) is 49.4 Å². The number of hydrogen-bond donors (Lipinski definition) is 0. The van der Waals surface area contributed by atoms with Crippen molar-refractivity contribution in [1.29, 1.82) is 0 Å². The molecule has 0 bridgehead atoms. The number of halogens is 1. The van der Waals surface area contributed by atoms with Crippen LogP contribution >= 0.6 is 11.3 Å². The molecule has 0 aliphatic carbocycles. The van der Waals surface area contributed by atoms with Gasteiger partial charge in [0.25, 0.3) is 5.91 Å². The summed E-state index contributed by atoms with van der Waals surface area (Å²) in [4.78, 5) is 19.3. The number of aryl methyl sites for hydroxylation is 1. The Morgan fingerprint density at radius 1 is 1.18 bits per heavy atom. The highest BCUT2D eigenvalue weighted by atomic mass is 32.1. The molecule has 1 atom stereocenters. The summed E-state index contributed by atoms with van der Waals surface area (Å²) in [6.45, 7) is 5.95. The van der Waals surface area contributed by atoms with Crippen LogP contribution in [0.2, 0.25) is 0 Å². The van der Waals surface area contributed by atoms with E-state index in [4.69, 9.17) is 0 Å². The maximum Gasteiger partial charge on any atom is 0.264 e. The molecule has 0 radical (unpaired) electrons. The normalized spacial score (nSPS) is 20.5. The number of fused-ring (bicyclic) bond motifs is 1. The lowest BCUT2D eigenvalue weighted by atomic mass is 10.2. The van der Waals surface area contributed by atoms with Crippen molar-refractivity contribution in [2.45, 2.75) is 32.2 Å². The van der Waals surface area contributed by atoms with Gasteiger partial charge in [-0.3, -0.25) is 9.69 Å². The van der Waals surface area contributed by atoms with Gasteiger partial charge in [-0.05, 0) is 69.6 Å². The minimum atomic E-state index is -0.271. The Labute approximate surface area is 167 Å². The second kappa shape index (κ2) is 6.97. The number of hydrogen-bond acceptors (Lipinski definition) is 4. The first-order valence-corrected chi connectivity index (χ1v) is 10.7. The van der Waals surface area contributed by atoms with Crippen molar-refractivity contribution in [2.24, 2.45) is 0 Å². The van der Waals surface area contributed by atoms with Crippen LogP contribution in [-0.2, 0) is 0 Å². The lowest BCUT2D eigenvalue weighted by Crippen LogP contribution is -2.36. The highest BCUT2D eigenvalue weighted by Crippen LogP contribution is 2.32. The molecule has 2 aromatic heterocycles. The molecular formula is C21H23FN4OS. The fourth-order valence-corrected chi connectivity index (χ4v) is 5.55. The fourth-order valence-electron chi connectivity index (χ4n) is 4.40. The molecule has 4 heterocycles. The van der Waals surface area contributed by atoms with E-state index in [0.717, 1.165) is 46.0 Å². The zero-order valence-electron chi connectivity index (χ0n) is 15.9. The molecule has 0 spiro atoms. The van der Waals surface area contributed by atoms with Gasteiger partial charge in [0.05, 0.1) is 16.3 Å². The first-order valence-electron chi connectivity index (χ1n) is 9.88. The molecule has 7 heteroatoms. The van der Waals surface area contributed by atoms with Gasteiger partial charge in [-0.25, -0.2) is 9.07 Å². The van der Waals surface area contributed by atoms with Crippen molar-refractivity contribution >= 4 is 27.5 Å². The van der Waals surface area contributed by atoms with E-state index >= 15 is 0 Å². The topological polar surface area (TPSA) is 41.4 Å². The SMILES string of the molecule is Cc1nn(-c2ccc(F)cc2)c2sc(C(=O)N3CCC(N4CCCC4)C3)cc12. The van der Waals surface area contributed by atoms with E-state index < -0.39 is 0 Å². The van der Waals surface area contributed by atoms with E-state index in [1.54, 1.807) is 12.1 Å². The Morgan fingerprint density at radius 2 is 1.93 bits per heavy atom. The van der Waals surface area contributed by atoms with Crippen LogP contribution in [-0.4, -0.2) is 57.7 Å². The summed E-state index contributed by atoms with van der Waals surface area (Å²) < 4.78 is 15.1. The molecule has 2 fully saturated rings. The maximum absolute atomic E-state index is 13.3. The summed E-state index contributed by atoms with van der Waals surface area (Å²) in [6, 6.07) is 8.76. The second-order valence-electron chi connectivity index (χ2n) is 7.74. The van der Waals surface area contributed by atoms with Crippen LogP contribution in [0.4, 0.5) is 4.39 Å². The minimum Gasteiger partial charge on any atom is -0.336 e. The van der Waals surface area contributed by atoms with E-state index in [1.807, 2.05) is 22.6 Å². The van der Waals surface area contributed by atoms with Gasteiger partial charge in [0.2, 0.25) is 0 Å². The second-order valence-corrected chi connectivity index (χ2v) is 8.77. The van der Waals surface area contributed by atoms with Crippen LogP contribution in [0.15, 0.2) is 30.3 Å². The van der Waals surface area contributed by atoms with E-state index in [9.17, 15) is 9.18 Å². The van der Waals surface area contributed by atoms with Crippen molar-refractivity contribution in [3.63, 3.8) is 0 Å². The first-order chi connectivity index (χ1) is 13.6. The van der Waals surface area contributed by atoms with Gasteiger partial charge in [0.1, 0.15) is 10.6 Å². The molecule has 1 amide bonds. The summed E-state index contributed by atoms with van der Waals surface area (Å²) in [5.41, 5.74) is 1.68. The summed E-state index contributed by atoms with van der Waals surface area (Å²) in [5.74, 6) is -0.152. The van der Waals surface area contributed by atoms with Gasteiger partial charge >= 0.3 is 0 Å². The molecule has 3 aromatic rings. The molecule has 0 saturated carbocycles. The van der Waals surface area contributed by atoms with Crippen molar-refractivity contribution < 1.29 is 9.18 Å². The molecule has 2 aliphatic rings. The molecular weight excluding hydrogens is 375 g/mol. The molecule has 1 unspecified atom stereocenters. The molecule has 5 rings (SSSR count). The highest BCUT2D eigenvalue weighted by Gasteiger charge is 2.32. The van der Waals surface area contributed by atoms with E-state index in [2.05, 4.69) is 10.00 Å². The summed E-state index contributed by atoms with van der Waals surface area (Å²) >= 11 is 1.47. The van der Waals surface area contributed by atoms with Gasteiger partial charge in [-0.15, -0.1) is 11.3 Å². The largest absolute Gasteiger partial charge is 0.336 e. The Balaban J connectivity index is 1.41. The number of aromatic nitrogens is 2. The van der Waals surface area contributed by atoms with Crippen molar-refractivity contribution in [2.75, 3.05) is 26.2 Å². The van der Waals surface area contributed by atoms with Crippen LogP contribution in [0.5, 0.6) is 0 Å². The van der Waals surface area contributed by atoms with E-state index in [0.29, 0.717) is 6.04 Å². The smallest absolute Gasteiger partial charge is 0.264 e. The summed E-state index contributed by atoms with van der Waals surface area (Å²) in [6.07, 6.45) is 3.62. The van der Waals surface area contributed by atoms with Crippen LogP contribution in [0, 0.1) is 12.7 Å². The summed E-state index contributed by atoms with van der Waals surface area (Å²) in [7, 11) is 0. The van der Waals surface area contributed by atoms with Crippen molar-refractivity contribution in [3.05, 3.63) is 46.7 Å². The zero-order chi connectivity index (χ0) is 19.3. The van der Waals surface area contributed by atoms with E-state index in [-0.39, 0.29) is 11.7 Å². The van der Waals surface area contributed by atoms with Gasteiger partial charge in [0.15, 0.2) is 0 Å². The maximum atomic E-state index is 13.3. The van der Waals surface area contributed by atoms with Crippen LogP contribution < -0.4 is 0 Å². The van der Waals surface area contributed by atoms with Gasteiger partial charge in [-0.2, -0.15) is 5.10 Å². The third kappa shape index (κ3) is 3.02. The average Bonchev–Trinajstić information content (AvgIpc) is 3.47. The van der Waals surface area contributed by atoms with Gasteiger partial charge < -0.3 is 4.90 Å². The van der Waals surface area contributed by atoms with Crippen LogP contribution in [0.1, 0.15) is 34.6 Å². The number of carbonyl (C=O) groups is 1. The van der Waals surface area contributed by atoms with Gasteiger partial charge in [0, 0.05) is 24.5 Å². The van der Waals surface area contributed by atoms with Crippen molar-refractivity contribution in [3.8, 4) is 5.69 Å². The molecule has 5 nitrogen and oxygen atoms in total. The number of rotatable bonds is 3. The molecule has 2 aliphatic heterocycles. The highest BCUT2D eigenvalue weighted by molar-refractivity contribution is 7.20. The minimum absolute atomic E-state index is 0.118. The zero-order valence-corrected chi connectivity index (χ0v) is 16.7. The Hall–Kier alpha value is -2.25. The van der Waals surface area contributed by atoms with Crippen LogP contribution in [0.25, 0.3) is 15.9 Å². The number of thiophene rings is 1.